The van der Waals surface area contributed by atoms with Crippen molar-refractivity contribution in [2.24, 2.45) is 11.8 Å². The first-order valence-electron chi connectivity index (χ1n) is 7.18. The number of ether oxygens (including phenoxy) is 1. The van der Waals surface area contributed by atoms with Crippen molar-refractivity contribution in [1.29, 1.82) is 0 Å². The van der Waals surface area contributed by atoms with Crippen molar-refractivity contribution >= 4 is 5.97 Å². The normalized spacial score (nSPS) is 32.9. The molecule has 2 rings (SSSR count). The second-order valence-corrected chi connectivity index (χ2v) is 5.51. The van der Waals surface area contributed by atoms with Gasteiger partial charge in [-0.2, -0.15) is 0 Å². The van der Waals surface area contributed by atoms with Crippen LogP contribution in [0.3, 0.4) is 0 Å². The highest BCUT2D eigenvalue weighted by atomic mass is 16.5. The van der Waals surface area contributed by atoms with Crippen molar-refractivity contribution in [3.8, 4) is 0 Å². The minimum Gasteiger partial charge on any atom is -0.466 e. The minimum absolute atomic E-state index is 0.0728. The molecule has 3 nitrogen and oxygen atoms in total. The van der Waals surface area contributed by atoms with Gasteiger partial charge in [-0.1, -0.05) is 26.2 Å². The lowest BCUT2D eigenvalue weighted by Gasteiger charge is -2.40. The van der Waals surface area contributed by atoms with E-state index >= 15 is 0 Å². The Bertz CT molecular complexity index is 255. The Balaban J connectivity index is 1.67. The van der Waals surface area contributed by atoms with Crippen molar-refractivity contribution in [2.45, 2.75) is 57.9 Å². The second kappa shape index (κ2) is 6.39. The fourth-order valence-electron chi connectivity index (χ4n) is 3.27. The average Bonchev–Trinajstić information content (AvgIpc) is 2.38. The van der Waals surface area contributed by atoms with E-state index in [4.69, 9.17) is 4.74 Å². The summed E-state index contributed by atoms with van der Waals surface area (Å²) in [4.78, 5) is 11.0. The Morgan fingerprint density at radius 3 is 2.82 bits per heavy atom. The maximum atomic E-state index is 11.0. The van der Waals surface area contributed by atoms with Gasteiger partial charge < -0.3 is 10.1 Å². The van der Waals surface area contributed by atoms with E-state index in [-0.39, 0.29) is 5.97 Å². The predicted octanol–water partition coefficient (Wildman–Crippen LogP) is 2.50. The van der Waals surface area contributed by atoms with Crippen LogP contribution in [0.5, 0.6) is 0 Å². The van der Waals surface area contributed by atoms with Gasteiger partial charge in [0.2, 0.25) is 0 Å². The van der Waals surface area contributed by atoms with E-state index in [1.807, 2.05) is 6.92 Å². The zero-order chi connectivity index (χ0) is 12.1. The largest absolute Gasteiger partial charge is 0.466 e. The molecule has 0 unspecified atom stereocenters. The van der Waals surface area contributed by atoms with Crippen molar-refractivity contribution < 1.29 is 9.53 Å². The van der Waals surface area contributed by atoms with E-state index in [1.165, 1.54) is 38.6 Å². The first kappa shape index (κ1) is 12.9. The summed E-state index contributed by atoms with van der Waals surface area (Å²) in [5.74, 6) is 1.77. The molecule has 0 aromatic heterocycles. The highest BCUT2D eigenvalue weighted by Crippen LogP contribution is 2.35. The van der Waals surface area contributed by atoms with Crippen LogP contribution in [0.15, 0.2) is 0 Å². The zero-order valence-electron chi connectivity index (χ0n) is 10.9. The summed E-state index contributed by atoms with van der Waals surface area (Å²) >= 11 is 0. The van der Waals surface area contributed by atoms with Crippen molar-refractivity contribution in [3.63, 3.8) is 0 Å². The Labute approximate surface area is 104 Å². The molecular formula is C14H25NO2. The molecule has 0 amide bonds. The molecule has 1 saturated heterocycles. The van der Waals surface area contributed by atoms with Gasteiger partial charge in [-0.3, -0.25) is 4.79 Å². The number of hydrogen-bond acceptors (Lipinski definition) is 3. The predicted molar refractivity (Wildman–Crippen MR) is 67.7 cm³/mol. The number of nitrogens with one attached hydrogen (secondary N) is 1. The van der Waals surface area contributed by atoms with Crippen molar-refractivity contribution in [1.82, 2.24) is 5.32 Å². The molecule has 2 fully saturated rings. The minimum atomic E-state index is -0.0728. The van der Waals surface area contributed by atoms with Gasteiger partial charge in [0.05, 0.1) is 6.61 Å². The first-order chi connectivity index (χ1) is 8.29. The molecule has 0 bridgehead atoms. The van der Waals surface area contributed by atoms with E-state index in [1.54, 1.807) is 0 Å². The molecule has 98 valence electrons. The van der Waals surface area contributed by atoms with Crippen LogP contribution >= 0.6 is 0 Å². The van der Waals surface area contributed by atoms with E-state index < -0.39 is 0 Å². The van der Waals surface area contributed by atoms with Gasteiger partial charge in [0, 0.05) is 12.5 Å². The maximum absolute atomic E-state index is 11.0. The number of carbonyl (C=O) groups excluding carboxylic acids is 1. The number of rotatable bonds is 4. The number of piperidine rings is 1. The van der Waals surface area contributed by atoms with E-state index in [0.717, 1.165) is 18.3 Å². The van der Waals surface area contributed by atoms with Crippen LogP contribution in [0.4, 0.5) is 0 Å². The fraction of sp³-hybridized carbons (Fsp3) is 0.929. The Hall–Kier alpha value is -0.570. The van der Waals surface area contributed by atoms with Gasteiger partial charge in [0.1, 0.15) is 0 Å². The third kappa shape index (κ3) is 3.70. The Morgan fingerprint density at radius 2 is 2.06 bits per heavy atom. The molecule has 1 aliphatic carbocycles. The van der Waals surface area contributed by atoms with Crippen LogP contribution in [0.2, 0.25) is 0 Å². The lowest BCUT2D eigenvalue weighted by atomic mass is 9.73. The second-order valence-electron chi connectivity index (χ2n) is 5.51. The fourth-order valence-corrected chi connectivity index (χ4v) is 3.27. The highest BCUT2D eigenvalue weighted by molar-refractivity contribution is 5.68. The van der Waals surface area contributed by atoms with Crippen molar-refractivity contribution in [2.75, 3.05) is 13.2 Å². The van der Waals surface area contributed by atoms with Gasteiger partial charge in [-0.15, -0.1) is 0 Å². The van der Waals surface area contributed by atoms with Crippen molar-refractivity contribution in [3.05, 3.63) is 0 Å². The van der Waals surface area contributed by atoms with Gasteiger partial charge >= 0.3 is 5.97 Å². The lowest BCUT2D eigenvalue weighted by Crippen LogP contribution is -2.45. The molecule has 1 saturated carbocycles. The smallest absolute Gasteiger partial charge is 0.305 e. The summed E-state index contributed by atoms with van der Waals surface area (Å²) in [6, 6.07) is 0.569. The van der Waals surface area contributed by atoms with E-state index in [9.17, 15) is 4.79 Å². The van der Waals surface area contributed by atoms with Crippen LogP contribution < -0.4 is 5.32 Å². The molecule has 1 N–H and O–H groups in total. The quantitative estimate of drug-likeness (QED) is 0.766. The van der Waals surface area contributed by atoms with E-state index in [0.29, 0.717) is 19.1 Å². The van der Waals surface area contributed by atoms with Gasteiger partial charge in [0.15, 0.2) is 0 Å². The van der Waals surface area contributed by atoms with Gasteiger partial charge in [0.25, 0.3) is 0 Å². The van der Waals surface area contributed by atoms with Crippen LogP contribution in [-0.2, 0) is 9.53 Å². The molecular weight excluding hydrogens is 214 g/mol. The molecule has 0 aromatic carbocycles. The molecule has 0 radical (unpaired) electrons. The summed E-state index contributed by atoms with van der Waals surface area (Å²) < 4.78 is 5.15. The SMILES string of the molecule is CCC(=O)OCC[C@H]1C[C@H]2CCCC[C@@H]2CN1. The molecule has 1 aliphatic heterocycles. The molecule has 3 heteroatoms. The first-order valence-corrected chi connectivity index (χ1v) is 7.18. The van der Waals surface area contributed by atoms with Crippen LogP contribution in [0.1, 0.15) is 51.9 Å². The van der Waals surface area contributed by atoms with Crippen LogP contribution in [0.25, 0.3) is 0 Å². The number of carbonyl (C=O) groups is 1. The number of hydrogen-bond donors (Lipinski definition) is 1. The molecule has 17 heavy (non-hydrogen) atoms. The summed E-state index contributed by atoms with van der Waals surface area (Å²) in [5, 5.41) is 3.62. The topological polar surface area (TPSA) is 38.3 Å². The summed E-state index contributed by atoms with van der Waals surface area (Å²) in [5.41, 5.74) is 0. The molecule has 0 spiro atoms. The third-order valence-electron chi connectivity index (χ3n) is 4.34. The summed E-state index contributed by atoms with van der Waals surface area (Å²) in [6.45, 7) is 3.60. The standard InChI is InChI=1S/C14H25NO2/c1-2-14(16)17-8-7-13-9-11-5-3-4-6-12(11)10-15-13/h11-13,15H,2-10H2,1H3/t11-,12-,13+/m1/s1. The zero-order valence-corrected chi connectivity index (χ0v) is 10.9. The highest BCUT2D eigenvalue weighted by Gasteiger charge is 2.31. The molecule has 2 aliphatic rings. The summed E-state index contributed by atoms with van der Waals surface area (Å²) in [6.07, 6.45) is 8.42. The van der Waals surface area contributed by atoms with E-state index in [2.05, 4.69) is 5.32 Å². The summed E-state index contributed by atoms with van der Waals surface area (Å²) in [7, 11) is 0. The monoisotopic (exact) mass is 239 g/mol. The number of fused-ring (bicyclic) bond motifs is 1. The Morgan fingerprint density at radius 1 is 1.29 bits per heavy atom. The third-order valence-corrected chi connectivity index (χ3v) is 4.34. The lowest BCUT2D eigenvalue weighted by molar-refractivity contribution is -0.143. The maximum Gasteiger partial charge on any atom is 0.305 e. The van der Waals surface area contributed by atoms with Crippen LogP contribution in [-0.4, -0.2) is 25.2 Å². The number of esters is 1. The molecule has 0 aromatic rings. The van der Waals surface area contributed by atoms with Gasteiger partial charge in [-0.25, -0.2) is 0 Å². The Kier molecular flexibility index (Phi) is 4.84. The van der Waals surface area contributed by atoms with Crippen LogP contribution in [0, 0.1) is 11.8 Å². The average molecular weight is 239 g/mol. The molecule has 1 heterocycles. The van der Waals surface area contributed by atoms with Gasteiger partial charge in [-0.05, 0) is 37.6 Å². The molecule has 3 atom stereocenters.